The monoisotopic (exact) mass is 278 g/mol. The fourth-order valence-electron chi connectivity index (χ4n) is 3.01. The molecule has 106 valence electrons. The Bertz CT molecular complexity index is 656. The summed E-state index contributed by atoms with van der Waals surface area (Å²) in [5, 5.41) is 0. The van der Waals surface area contributed by atoms with Crippen LogP contribution in [0.3, 0.4) is 0 Å². The van der Waals surface area contributed by atoms with Gasteiger partial charge in [-0.05, 0) is 23.1 Å². The van der Waals surface area contributed by atoms with E-state index in [1.165, 1.54) is 11.1 Å². The molecule has 0 bridgehead atoms. The first-order chi connectivity index (χ1) is 10.3. The van der Waals surface area contributed by atoms with Crippen molar-refractivity contribution in [3.63, 3.8) is 0 Å². The highest BCUT2D eigenvalue weighted by atomic mass is 16.5. The Balaban J connectivity index is 1.98. The normalized spacial score (nSPS) is 18.1. The van der Waals surface area contributed by atoms with Crippen LogP contribution in [0.1, 0.15) is 23.5 Å². The third-order valence-electron chi connectivity index (χ3n) is 4.00. The Morgan fingerprint density at radius 3 is 2.24 bits per heavy atom. The van der Waals surface area contributed by atoms with E-state index in [1.54, 1.807) is 7.11 Å². The Morgan fingerprint density at radius 2 is 1.62 bits per heavy atom. The summed E-state index contributed by atoms with van der Waals surface area (Å²) in [5.41, 5.74) is 3.49. The lowest BCUT2D eigenvalue weighted by molar-refractivity contribution is -0.117. The van der Waals surface area contributed by atoms with Gasteiger partial charge >= 0.3 is 0 Å². The van der Waals surface area contributed by atoms with Gasteiger partial charge in [-0.3, -0.25) is 4.79 Å². The molecule has 0 saturated heterocycles. The van der Waals surface area contributed by atoms with Crippen LogP contribution in [0.15, 0.2) is 72.0 Å². The zero-order chi connectivity index (χ0) is 14.7. The molecule has 0 radical (unpaired) electrons. The maximum atomic E-state index is 12.2. The minimum Gasteiger partial charge on any atom is -0.493 e. The molecule has 2 heteroatoms. The van der Waals surface area contributed by atoms with Crippen molar-refractivity contribution < 1.29 is 9.53 Å². The van der Waals surface area contributed by atoms with Crippen LogP contribution in [0.2, 0.25) is 0 Å². The summed E-state index contributed by atoms with van der Waals surface area (Å²) >= 11 is 0. The number of ketones is 1. The summed E-state index contributed by atoms with van der Waals surface area (Å²) in [6, 6.07) is 20.4. The third-order valence-corrected chi connectivity index (χ3v) is 4.00. The van der Waals surface area contributed by atoms with Crippen molar-refractivity contribution in [2.24, 2.45) is 0 Å². The predicted octanol–water partition coefficient (Wildman–Crippen LogP) is 3.89. The Labute approximate surface area is 125 Å². The van der Waals surface area contributed by atoms with Gasteiger partial charge < -0.3 is 4.74 Å². The molecule has 0 aliphatic heterocycles. The van der Waals surface area contributed by atoms with Crippen molar-refractivity contribution in [1.82, 2.24) is 0 Å². The number of benzene rings is 2. The van der Waals surface area contributed by atoms with Crippen molar-refractivity contribution in [3.05, 3.63) is 83.1 Å². The Kier molecular flexibility index (Phi) is 3.87. The van der Waals surface area contributed by atoms with E-state index in [-0.39, 0.29) is 11.7 Å². The molecule has 21 heavy (non-hydrogen) atoms. The topological polar surface area (TPSA) is 26.3 Å². The first-order valence-corrected chi connectivity index (χ1v) is 7.18. The highest BCUT2D eigenvalue weighted by Gasteiger charge is 2.34. The van der Waals surface area contributed by atoms with Crippen LogP contribution in [0.25, 0.3) is 0 Å². The van der Waals surface area contributed by atoms with Gasteiger partial charge in [-0.15, -0.1) is 0 Å². The second-order valence-corrected chi connectivity index (χ2v) is 5.31. The van der Waals surface area contributed by atoms with Crippen molar-refractivity contribution in [1.29, 1.82) is 0 Å². The molecule has 1 aliphatic carbocycles. The maximum absolute atomic E-state index is 12.2. The SMILES string of the molecule is COC1=C(Cc2ccccc2)C(c2ccccc2)CC1=O. The van der Waals surface area contributed by atoms with E-state index in [0.29, 0.717) is 12.2 Å². The van der Waals surface area contributed by atoms with E-state index in [9.17, 15) is 4.79 Å². The number of hydrogen-bond acceptors (Lipinski definition) is 2. The first kappa shape index (κ1) is 13.6. The smallest absolute Gasteiger partial charge is 0.198 e. The second-order valence-electron chi connectivity index (χ2n) is 5.31. The molecule has 0 aromatic heterocycles. The number of Topliss-reactive ketones (excluding diaryl/α,β-unsaturated/α-hetero) is 1. The molecular formula is C19H18O2. The van der Waals surface area contributed by atoms with E-state index in [2.05, 4.69) is 24.3 Å². The molecule has 0 fully saturated rings. The summed E-state index contributed by atoms with van der Waals surface area (Å²) in [7, 11) is 1.59. The van der Waals surface area contributed by atoms with Crippen LogP contribution in [0, 0.1) is 0 Å². The van der Waals surface area contributed by atoms with Gasteiger partial charge in [-0.2, -0.15) is 0 Å². The van der Waals surface area contributed by atoms with Crippen molar-refractivity contribution in [3.8, 4) is 0 Å². The van der Waals surface area contributed by atoms with Crippen LogP contribution in [0.4, 0.5) is 0 Å². The lowest BCUT2D eigenvalue weighted by Gasteiger charge is -2.15. The van der Waals surface area contributed by atoms with Gasteiger partial charge in [-0.1, -0.05) is 60.7 Å². The Hall–Kier alpha value is -2.35. The van der Waals surface area contributed by atoms with Crippen LogP contribution >= 0.6 is 0 Å². The molecule has 2 nitrogen and oxygen atoms in total. The molecule has 1 atom stereocenters. The molecule has 1 aliphatic rings. The van der Waals surface area contributed by atoms with Crippen molar-refractivity contribution in [2.75, 3.05) is 7.11 Å². The third kappa shape index (κ3) is 2.75. The Morgan fingerprint density at radius 1 is 1.00 bits per heavy atom. The fourth-order valence-corrected chi connectivity index (χ4v) is 3.01. The van der Waals surface area contributed by atoms with Crippen LogP contribution in [-0.4, -0.2) is 12.9 Å². The number of carbonyl (C=O) groups is 1. The zero-order valence-electron chi connectivity index (χ0n) is 12.1. The second kappa shape index (κ2) is 5.96. The van der Waals surface area contributed by atoms with Crippen molar-refractivity contribution >= 4 is 5.78 Å². The number of ether oxygens (including phenoxy) is 1. The molecule has 1 unspecified atom stereocenters. The summed E-state index contributed by atoms with van der Waals surface area (Å²) in [6.45, 7) is 0. The van der Waals surface area contributed by atoms with Gasteiger partial charge in [0.2, 0.25) is 0 Å². The molecule has 0 amide bonds. The number of hydrogen-bond donors (Lipinski definition) is 0. The average Bonchev–Trinajstić information content (AvgIpc) is 2.85. The highest BCUT2D eigenvalue weighted by Crippen LogP contribution is 2.39. The number of allylic oxidation sites excluding steroid dienone is 2. The maximum Gasteiger partial charge on any atom is 0.198 e. The molecule has 0 spiro atoms. The van der Waals surface area contributed by atoms with E-state index < -0.39 is 0 Å². The quantitative estimate of drug-likeness (QED) is 0.848. The molecule has 0 heterocycles. The average molecular weight is 278 g/mol. The lowest BCUT2D eigenvalue weighted by Crippen LogP contribution is -2.02. The van der Waals surface area contributed by atoms with Gasteiger partial charge in [-0.25, -0.2) is 0 Å². The van der Waals surface area contributed by atoms with Gasteiger partial charge in [0.1, 0.15) is 0 Å². The summed E-state index contributed by atoms with van der Waals surface area (Å²) in [4.78, 5) is 12.2. The molecule has 0 saturated carbocycles. The van der Waals surface area contributed by atoms with Gasteiger partial charge in [0.05, 0.1) is 7.11 Å². The molecule has 2 aromatic carbocycles. The largest absolute Gasteiger partial charge is 0.493 e. The standard InChI is InChI=1S/C19H18O2/c1-21-19-17(12-14-8-4-2-5-9-14)16(13-18(19)20)15-10-6-3-7-11-15/h2-11,16H,12-13H2,1H3. The highest BCUT2D eigenvalue weighted by molar-refractivity contribution is 5.98. The summed E-state index contributed by atoms with van der Waals surface area (Å²) in [5.74, 6) is 0.791. The van der Waals surface area contributed by atoms with Crippen molar-refractivity contribution in [2.45, 2.75) is 18.8 Å². The number of methoxy groups -OCH3 is 1. The van der Waals surface area contributed by atoms with Gasteiger partial charge in [0, 0.05) is 12.3 Å². The fraction of sp³-hybridized carbons (Fsp3) is 0.211. The summed E-state index contributed by atoms with van der Waals surface area (Å²) in [6.07, 6.45) is 1.27. The van der Waals surface area contributed by atoms with Gasteiger partial charge in [0.15, 0.2) is 11.5 Å². The molecule has 3 rings (SSSR count). The first-order valence-electron chi connectivity index (χ1n) is 7.18. The number of carbonyl (C=O) groups excluding carboxylic acids is 1. The van der Waals surface area contributed by atoms with Crippen LogP contribution < -0.4 is 0 Å². The number of rotatable bonds is 4. The molecule has 0 N–H and O–H groups in total. The summed E-state index contributed by atoms with van der Waals surface area (Å²) < 4.78 is 5.39. The minimum atomic E-state index is 0.109. The van der Waals surface area contributed by atoms with Crippen LogP contribution in [-0.2, 0) is 16.0 Å². The van der Waals surface area contributed by atoms with Crippen LogP contribution in [0.5, 0.6) is 0 Å². The van der Waals surface area contributed by atoms with Gasteiger partial charge in [0.25, 0.3) is 0 Å². The molecular weight excluding hydrogens is 260 g/mol. The van der Waals surface area contributed by atoms with E-state index in [4.69, 9.17) is 4.74 Å². The minimum absolute atomic E-state index is 0.109. The van der Waals surface area contributed by atoms with E-state index in [0.717, 1.165) is 12.0 Å². The lowest BCUT2D eigenvalue weighted by atomic mass is 9.89. The van der Waals surface area contributed by atoms with E-state index in [1.807, 2.05) is 36.4 Å². The predicted molar refractivity (Wildman–Crippen MR) is 83.0 cm³/mol. The zero-order valence-corrected chi connectivity index (χ0v) is 12.1. The molecule has 2 aromatic rings. The van der Waals surface area contributed by atoms with E-state index >= 15 is 0 Å².